The van der Waals surface area contributed by atoms with Crippen molar-refractivity contribution in [1.29, 1.82) is 0 Å². The van der Waals surface area contributed by atoms with E-state index in [4.69, 9.17) is 4.74 Å². The molecule has 16 heavy (non-hydrogen) atoms. The molecule has 0 aromatic carbocycles. The maximum absolute atomic E-state index is 5.46. The molecule has 0 spiro atoms. The van der Waals surface area contributed by atoms with Crippen LogP contribution in [-0.4, -0.2) is 6.61 Å². The number of ether oxygens (including phenoxy) is 1. The van der Waals surface area contributed by atoms with Crippen molar-refractivity contribution in [3.8, 4) is 0 Å². The fourth-order valence-electron chi connectivity index (χ4n) is 1.73. The molecular formula is C15H30O. The van der Waals surface area contributed by atoms with Crippen LogP contribution < -0.4 is 0 Å². The van der Waals surface area contributed by atoms with Gasteiger partial charge in [0, 0.05) is 6.42 Å². The van der Waals surface area contributed by atoms with Gasteiger partial charge in [-0.3, -0.25) is 0 Å². The summed E-state index contributed by atoms with van der Waals surface area (Å²) < 4.78 is 5.46. The van der Waals surface area contributed by atoms with Gasteiger partial charge in [-0.2, -0.15) is 0 Å². The van der Waals surface area contributed by atoms with Crippen LogP contribution in [0.25, 0.3) is 0 Å². The van der Waals surface area contributed by atoms with Crippen molar-refractivity contribution in [3.05, 3.63) is 12.3 Å². The highest BCUT2D eigenvalue weighted by Gasteiger charge is 1.93. The van der Waals surface area contributed by atoms with Crippen molar-refractivity contribution in [1.82, 2.24) is 0 Å². The molecule has 0 saturated carbocycles. The lowest BCUT2D eigenvalue weighted by atomic mass is 10.1. The second kappa shape index (κ2) is 12.6. The van der Waals surface area contributed by atoms with Gasteiger partial charge in [0.25, 0.3) is 0 Å². The third kappa shape index (κ3) is 11.6. The highest BCUT2D eigenvalue weighted by atomic mass is 16.5. The quantitative estimate of drug-likeness (QED) is 0.317. The lowest BCUT2D eigenvalue weighted by Crippen LogP contribution is -1.93. The molecule has 96 valence electrons. The van der Waals surface area contributed by atoms with Crippen molar-refractivity contribution < 1.29 is 4.74 Å². The van der Waals surface area contributed by atoms with Crippen LogP contribution in [0.1, 0.15) is 78.1 Å². The predicted octanol–water partition coefficient (Wildman–Crippen LogP) is 5.46. The second-order valence-corrected chi connectivity index (χ2v) is 4.57. The zero-order chi connectivity index (χ0) is 12.1. The molecule has 0 aromatic heterocycles. The fourth-order valence-corrected chi connectivity index (χ4v) is 1.73. The molecule has 0 aliphatic heterocycles. The number of unbranched alkanes of at least 4 members (excludes halogenated alkanes) is 8. The molecule has 0 aromatic rings. The first-order valence-corrected chi connectivity index (χ1v) is 7.11. The number of allylic oxidation sites excluding steroid dienone is 1. The van der Waals surface area contributed by atoms with E-state index in [9.17, 15) is 0 Å². The van der Waals surface area contributed by atoms with E-state index in [1.54, 1.807) is 0 Å². The van der Waals surface area contributed by atoms with Gasteiger partial charge in [0.15, 0.2) is 0 Å². The van der Waals surface area contributed by atoms with Crippen LogP contribution in [0.2, 0.25) is 0 Å². The van der Waals surface area contributed by atoms with E-state index in [-0.39, 0.29) is 0 Å². The lowest BCUT2D eigenvalue weighted by molar-refractivity contribution is 0.199. The standard InChI is InChI=1S/C15H30O/c1-4-6-7-8-9-10-11-12-13-14-16-15(3)5-2/h3-14H2,1-2H3. The molecule has 0 heterocycles. The predicted molar refractivity (Wildman–Crippen MR) is 72.6 cm³/mol. The summed E-state index contributed by atoms with van der Waals surface area (Å²) in [5.74, 6) is 0.930. The summed E-state index contributed by atoms with van der Waals surface area (Å²) in [6, 6.07) is 0. The van der Waals surface area contributed by atoms with Crippen LogP contribution in [0.5, 0.6) is 0 Å². The molecule has 0 bridgehead atoms. The van der Waals surface area contributed by atoms with Crippen molar-refractivity contribution in [2.75, 3.05) is 6.61 Å². The van der Waals surface area contributed by atoms with Crippen molar-refractivity contribution in [2.45, 2.75) is 78.1 Å². The SMILES string of the molecule is C=C(CC)OCCCCCCCCCCC. The second-order valence-electron chi connectivity index (χ2n) is 4.57. The summed E-state index contributed by atoms with van der Waals surface area (Å²) in [5.41, 5.74) is 0. The molecule has 0 aliphatic carbocycles. The largest absolute Gasteiger partial charge is 0.499 e. The Kier molecular flexibility index (Phi) is 12.2. The Hall–Kier alpha value is -0.460. The molecule has 0 radical (unpaired) electrons. The van der Waals surface area contributed by atoms with E-state index >= 15 is 0 Å². The smallest absolute Gasteiger partial charge is 0.0885 e. The van der Waals surface area contributed by atoms with Crippen LogP contribution in [-0.2, 0) is 4.74 Å². The van der Waals surface area contributed by atoms with Gasteiger partial charge in [-0.05, 0) is 6.42 Å². The summed E-state index contributed by atoms with van der Waals surface area (Å²) in [5, 5.41) is 0. The fraction of sp³-hybridized carbons (Fsp3) is 0.867. The number of rotatable bonds is 12. The Morgan fingerprint density at radius 3 is 1.81 bits per heavy atom. The molecule has 0 unspecified atom stereocenters. The molecule has 0 fully saturated rings. The summed E-state index contributed by atoms with van der Waals surface area (Å²) in [4.78, 5) is 0. The van der Waals surface area contributed by atoms with Crippen LogP contribution >= 0.6 is 0 Å². The first kappa shape index (κ1) is 15.5. The highest BCUT2D eigenvalue weighted by Crippen LogP contribution is 2.10. The van der Waals surface area contributed by atoms with Crippen LogP contribution in [0.4, 0.5) is 0 Å². The van der Waals surface area contributed by atoms with Gasteiger partial charge in [-0.25, -0.2) is 0 Å². The Balaban J connectivity index is 2.96. The van der Waals surface area contributed by atoms with E-state index in [1.165, 1.54) is 57.8 Å². The first-order chi connectivity index (χ1) is 7.81. The topological polar surface area (TPSA) is 9.23 Å². The van der Waals surface area contributed by atoms with E-state index in [2.05, 4.69) is 20.4 Å². The van der Waals surface area contributed by atoms with E-state index < -0.39 is 0 Å². The van der Waals surface area contributed by atoms with Gasteiger partial charge in [-0.1, -0.05) is 71.8 Å². The Morgan fingerprint density at radius 1 is 0.812 bits per heavy atom. The molecule has 1 nitrogen and oxygen atoms in total. The van der Waals surface area contributed by atoms with E-state index in [1.807, 2.05) is 0 Å². The summed E-state index contributed by atoms with van der Waals surface area (Å²) in [6.07, 6.45) is 13.2. The molecule has 0 amide bonds. The third-order valence-corrected chi connectivity index (χ3v) is 2.95. The van der Waals surface area contributed by atoms with Crippen LogP contribution in [0.3, 0.4) is 0 Å². The Morgan fingerprint density at radius 2 is 1.31 bits per heavy atom. The lowest BCUT2D eigenvalue weighted by Gasteiger charge is -2.06. The van der Waals surface area contributed by atoms with Gasteiger partial charge in [-0.15, -0.1) is 0 Å². The normalized spacial score (nSPS) is 10.4. The molecule has 0 N–H and O–H groups in total. The van der Waals surface area contributed by atoms with Gasteiger partial charge < -0.3 is 4.74 Å². The van der Waals surface area contributed by atoms with E-state index in [0.717, 1.165) is 18.8 Å². The van der Waals surface area contributed by atoms with Crippen molar-refractivity contribution in [2.24, 2.45) is 0 Å². The van der Waals surface area contributed by atoms with Gasteiger partial charge in [0.05, 0.1) is 12.4 Å². The molecular weight excluding hydrogens is 196 g/mol. The summed E-state index contributed by atoms with van der Waals surface area (Å²) in [7, 11) is 0. The highest BCUT2D eigenvalue weighted by molar-refractivity contribution is 4.79. The summed E-state index contributed by atoms with van der Waals surface area (Å²) in [6.45, 7) is 9.04. The van der Waals surface area contributed by atoms with Gasteiger partial charge in [0.1, 0.15) is 0 Å². The van der Waals surface area contributed by atoms with Gasteiger partial charge >= 0.3 is 0 Å². The average Bonchev–Trinajstić information content (AvgIpc) is 2.31. The minimum absolute atomic E-state index is 0.864. The minimum atomic E-state index is 0.864. The van der Waals surface area contributed by atoms with Crippen LogP contribution in [0, 0.1) is 0 Å². The number of hydrogen-bond acceptors (Lipinski definition) is 1. The Bertz CT molecular complexity index is 152. The summed E-state index contributed by atoms with van der Waals surface area (Å²) >= 11 is 0. The average molecular weight is 226 g/mol. The van der Waals surface area contributed by atoms with Crippen molar-refractivity contribution >= 4 is 0 Å². The molecule has 0 aliphatic rings. The zero-order valence-corrected chi connectivity index (χ0v) is 11.4. The van der Waals surface area contributed by atoms with E-state index in [0.29, 0.717) is 0 Å². The maximum Gasteiger partial charge on any atom is 0.0885 e. The molecule has 1 heteroatoms. The molecule has 0 saturated heterocycles. The molecule has 0 rings (SSSR count). The maximum atomic E-state index is 5.46. The van der Waals surface area contributed by atoms with Crippen molar-refractivity contribution in [3.63, 3.8) is 0 Å². The molecule has 0 atom stereocenters. The zero-order valence-electron chi connectivity index (χ0n) is 11.4. The number of hydrogen-bond donors (Lipinski definition) is 0. The first-order valence-electron chi connectivity index (χ1n) is 7.11. The minimum Gasteiger partial charge on any atom is -0.499 e. The van der Waals surface area contributed by atoms with Gasteiger partial charge in [0.2, 0.25) is 0 Å². The third-order valence-electron chi connectivity index (χ3n) is 2.95. The van der Waals surface area contributed by atoms with Crippen LogP contribution in [0.15, 0.2) is 12.3 Å². The monoisotopic (exact) mass is 226 g/mol. The Labute approximate surface area is 102 Å².